The first-order valence-corrected chi connectivity index (χ1v) is 8.40. The lowest BCUT2D eigenvalue weighted by molar-refractivity contribution is -0.130. The fourth-order valence-corrected chi connectivity index (χ4v) is 3.49. The highest BCUT2D eigenvalue weighted by Gasteiger charge is 2.21. The number of carbonyl (C=O) groups is 1. The summed E-state index contributed by atoms with van der Waals surface area (Å²) in [6, 6.07) is 1.79. The third-order valence-electron chi connectivity index (χ3n) is 3.62. The van der Waals surface area contributed by atoms with Gasteiger partial charge < -0.3 is 9.88 Å². The number of aromatic nitrogens is 3. The molecule has 0 aliphatic carbocycles. The summed E-state index contributed by atoms with van der Waals surface area (Å²) < 4.78 is 0. The number of amides is 1. The second-order valence-electron chi connectivity index (χ2n) is 5.44. The molecule has 21 heavy (non-hydrogen) atoms. The molecule has 0 saturated carbocycles. The Hall–Kier alpha value is -1.27. The third kappa shape index (κ3) is 3.49. The number of nitrogens with one attached hydrogen (secondary N) is 1. The van der Waals surface area contributed by atoms with E-state index in [1.165, 1.54) is 18.2 Å². The van der Waals surface area contributed by atoms with Crippen LogP contribution in [0.4, 0.5) is 0 Å². The van der Waals surface area contributed by atoms with Gasteiger partial charge in [0.1, 0.15) is 0 Å². The maximum absolute atomic E-state index is 12.2. The molecule has 1 aliphatic rings. The highest BCUT2D eigenvalue weighted by atomic mass is 35.5. The number of fused-ring (bicyclic) bond motifs is 1. The zero-order chi connectivity index (χ0) is 14.8. The van der Waals surface area contributed by atoms with E-state index in [-0.39, 0.29) is 5.91 Å². The number of hydrogen-bond donors (Lipinski definition) is 1. The molecule has 0 aromatic carbocycles. The van der Waals surface area contributed by atoms with E-state index in [0.717, 1.165) is 25.0 Å². The number of hydrogen-bond acceptors (Lipinski definition) is 4. The largest absolute Gasteiger partial charge is 0.342 e. The quantitative estimate of drug-likeness (QED) is 0.882. The Morgan fingerprint density at radius 1 is 1.62 bits per heavy atom. The van der Waals surface area contributed by atoms with Crippen LogP contribution in [0.2, 0.25) is 5.02 Å². The summed E-state index contributed by atoms with van der Waals surface area (Å²) in [5.41, 5.74) is 1.42. The Bertz CT molecular complexity index is 659. The minimum Gasteiger partial charge on any atom is -0.342 e. The molecule has 1 aliphatic heterocycles. The van der Waals surface area contributed by atoms with Crippen molar-refractivity contribution in [3.8, 4) is 0 Å². The van der Waals surface area contributed by atoms with Crippen LogP contribution in [0.15, 0.2) is 17.4 Å². The molecule has 3 rings (SSSR count). The van der Waals surface area contributed by atoms with Gasteiger partial charge in [0.15, 0.2) is 10.8 Å². The van der Waals surface area contributed by atoms with Crippen molar-refractivity contribution < 1.29 is 4.79 Å². The Labute approximate surface area is 132 Å². The number of H-pyrrole nitrogens is 1. The molecular formula is C14H17ClN4OS. The van der Waals surface area contributed by atoms with Gasteiger partial charge in [-0.05, 0) is 24.8 Å². The van der Waals surface area contributed by atoms with Crippen molar-refractivity contribution in [3.05, 3.63) is 17.3 Å². The Kier molecular flexibility index (Phi) is 4.35. The van der Waals surface area contributed by atoms with Gasteiger partial charge in [-0.25, -0.2) is 9.97 Å². The maximum Gasteiger partial charge on any atom is 0.233 e. The molecule has 0 spiro atoms. The number of halogens is 1. The van der Waals surface area contributed by atoms with Crippen molar-refractivity contribution in [2.45, 2.75) is 24.9 Å². The molecule has 0 bridgehead atoms. The number of likely N-dealkylation sites (tertiary alicyclic amines) is 1. The highest BCUT2D eigenvalue weighted by molar-refractivity contribution is 7.99. The maximum atomic E-state index is 12.2. The average molecular weight is 325 g/mol. The number of piperidine rings is 1. The lowest BCUT2D eigenvalue weighted by Crippen LogP contribution is -2.40. The van der Waals surface area contributed by atoms with E-state index in [1.54, 1.807) is 12.3 Å². The van der Waals surface area contributed by atoms with Crippen LogP contribution in [0.25, 0.3) is 11.2 Å². The standard InChI is InChI=1S/C14H17ClN4OS/c1-9-3-2-4-19(7-9)12(20)8-21-14-17-11-5-10(15)6-16-13(11)18-14/h5-6,9H,2-4,7-8H2,1H3,(H,16,17,18)/t9-/m1/s1. The fourth-order valence-electron chi connectivity index (χ4n) is 2.56. The van der Waals surface area contributed by atoms with Gasteiger partial charge in [0.25, 0.3) is 0 Å². The van der Waals surface area contributed by atoms with Crippen molar-refractivity contribution in [1.29, 1.82) is 0 Å². The van der Waals surface area contributed by atoms with E-state index in [4.69, 9.17) is 11.6 Å². The number of aromatic amines is 1. The monoisotopic (exact) mass is 324 g/mol. The molecule has 7 heteroatoms. The van der Waals surface area contributed by atoms with Gasteiger partial charge >= 0.3 is 0 Å². The third-order valence-corrected chi connectivity index (χ3v) is 4.69. The smallest absolute Gasteiger partial charge is 0.233 e. The second-order valence-corrected chi connectivity index (χ2v) is 6.84. The zero-order valence-corrected chi connectivity index (χ0v) is 13.4. The number of nitrogens with zero attached hydrogens (tertiary/aromatic N) is 3. The van der Waals surface area contributed by atoms with Crippen molar-refractivity contribution in [3.63, 3.8) is 0 Å². The lowest BCUT2D eigenvalue weighted by Gasteiger charge is -2.30. The first kappa shape index (κ1) is 14.7. The summed E-state index contributed by atoms with van der Waals surface area (Å²) in [6.07, 6.45) is 3.89. The SMILES string of the molecule is C[C@@H]1CCCN(C(=O)CSc2nc3ncc(Cl)cc3[nH]2)C1. The Morgan fingerprint density at radius 3 is 3.29 bits per heavy atom. The van der Waals surface area contributed by atoms with E-state index >= 15 is 0 Å². The summed E-state index contributed by atoms with van der Waals surface area (Å²) in [5, 5.41) is 1.28. The molecule has 0 radical (unpaired) electrons. The van der Waals surface area contributed by atoms with Crippen LogP contribution in [-0.2, 0) is 4.79 Å². The molecule has 5 nitrogen and oxygen atoms in total. The number of rotatable bonds is 3. The molecular weight excluding hydrogens is 308 g/mol. The molecule has 112 valence electrons. The fraction of sp³-hybridized carbons (Fsp3) is 0.500. The van der Waals surface area contributed by atoms with E-state index in [2.05, 4.69) is 21.9 Å². The van der Waals surface area contributed by atoms with Gasteiger partial charge in [-0.1, -0.05) is 30.3 Å². The highest BCUT2D eigenvalue weighted by Crippen LogP contribution is 2.22. The molecule has 1 atom stereocenters. The summed E-state index contributed by atoms with van der Waals surface area (Å²) in [6.45, 7) is 3.94. The predicted octanol–water partition coefficient (Wildman–Crippen LogP) is 2.96. The van der Waals surface area contributed by atoms with Gasteiger partial charge in [-0.2, -0.15) is 0 Å². The Balaban J connectivity index is 1.61. The van der Waals surface area contributed by atoms with E-state index < -0.39 is 0 Å². The number of thioether (sulfide) groups is 1. The summed E-state index contributed by atoms with van der Waals surface area (Å²) in [7, 11) is 0. The van der Waals surface area contributed by atoms with Gasteiger partial charge in [0, 0.05) is 19.3 Å². The lowest BCUT2D eigenvalue weighted by atomic mass is 10.0. The van der Waals surface area contributed by atoms with Crippen molar-refractivity contribution in [2.75, 3.05) is 18.8 Å². The summed E-state index contributed by atoms with van der Waals surface area (Å²) in [5.74, 6) is 1.18. The first-order chi connectivity index (χ1) is 10.1. The van der Waals surface area contributed by atoms with E-state index in [1.807, 2.05) is 4.90 Å². The summed E-state index contributed by atoms with van der Waals surface area (Å²) in [4.78, 5) is 25.8. The van der Waals surface area contributed by atoms with Crippen LogP contribution in [0.3, 0.4) is 0 Å². The molecule has 1 fully saturated rings. The van der Waals surface area contributed by atoms with Gasteiger partial charge in [0.2, 0.25) is 5.91 Å². The number of imidazole rings is 1. The van der Waals surface area contributed by atoms with Crippen LogP contribution < -0.4 is 0 Å². The first-order valence-electron chi connectivity index (χ1n) is 7.03. The van der Waals surface area contributed by atoms with E-state index in [9.17, 15) is 4.79 Å². The van der Waals surface area contributed by atoms with Crippen LogP contribution in [0.5, 0.6) is 0 Å². The minimum atomic E-state index is 0.179. The number of pyridine rings is 1. The van der Waals surface area contributed by atoms with Crippen LogP contribution in [0.1, 0.15) is 19.8 Å². The van der Waals surface area contributed by atoms with Gasteiger partial charge in [-0.15, -0.1) is 0 Å². The molecule has 2 aromatic rings. The topological polar surface area (TPSA) is 61.9 Å². The molecule has 3 heterocycles. The molecule has 1 saturated heterocycles. The molecule has 0 unspecified atom stereocenters. The molecule has 1 amide bonds. The average Bonchev–Trinajstić information content (AvgIpc) is 2.86. The Morgan fingerprint density at radius 2 is 2.48 bits per heavy atom. The van der Waals surface area contributed by atoms with Crippen LogP contribution >= 0.6 is 23.4 Å². The van der Waals surface area contributed by atoms with Gasteiger partial charge in [0.05, 0.1) is 16.3 Å². The zero-order valence-electron chi connectivity index (χ0n) is 11.8. The van der Waals surface area contributed by atoms with Crippen LogP contribution in [0, 0.1) is 5.92 Å². The van der Waals surface area contributed by atoms with Gasteiger partial charge in [-0.3, -0.25) is 4.79 Å². The molecule has 1 N–H and O–H groups in total. The normalized spacial score (nSPS) is 19.1. The van der Waals surface area contributed by atoms with Crippen molar-refractivity contribution >= 4 is 40.4 Å². The predicted molar refractivity (Wildman–Crippen MR) is 84.6 cm³/mol. The molecule has 2 aromatic heterocycles. The van der Waals surface area contributed by atoms with Crippen LogP contribution in [-0.4, -0.2) is 44.6 Å². The van der Waals surface area contributed by atoms with Crippen molar-refractivity contribution in [1.82, 2.24) is 19.9 Å². The number of carbonyl (C=O) groups excluding carboxylic acids is 1. The van der Waals surface area contributed by atoms with Crippen molar-refractivity contribution in [2.24, 2.45) is 5.92 Å². The second kappa shape index (κ2) is 6.23. The summed E-state index contributed by atoms with van der Waals surface area (Å²) >= 11 is 7.31. The minimum absolute atomic E-state index is 0.179. The van der Waals surface area contributed by atoms with E-state index in [0.29, 0.717) is 27.5 Å².